The molecule has 0 aliphatic heterocycles. The number of rotatable bonds is 4. The molecule has 0 spiro atoms. The highest BCUT2D eigenvalue weighted by Crippen LogP contribution is 2.30. The summed E-state index contributed by atoms with van der Waals surface area (Å²) in [5, 5.41) is 0.871. The van der Waals surface area contributed by atoms with Gasteiger partial charge in [-0.2, -0.15) is 0 Å². The van der Waals surface area contributed by atoms with Crippen molar-refractivity contribution in [2.45, 2.75) is 58.3 Å². The molecule has 0 N–H and O–H groups in total. The van der Waals surface area contributed by atoms with Crippen molar-refractivity contribution in [3.8, 4) is 0 Å². The molecule has 1 heteroatoms. The van der Waals surface area contributed by atoms with Crippen LogP contribution in [-0.2, 0) is 6.42 Å². The van der Waals surface area contributed by atoms with Gasteiger partial charge < -0.3 is 0 Å². The van der Waals surface area contributed by atoms with E-state index >= 15 is 0 Å². The van der Waals surface area contributed by atoms with Gasteiger partial charge in [-0.15, -0.1) is 0 Å². The van der Waals surface area contributed by atoms with Crippen LogP contribution < -0.4 is 0 Å². The van der Waals surface area contributed by atoms with Gasteiger partial charge >= 0.3 is 0 Å². The van der Waals surface area contributed by atoms with Gasteiger partial charge in [-0.3, -0.25) is 0 Å². The Morgan fingerprint density at radius 2 is 2.06 bits per heavy atom. The van der Waals surface area contributed by atoms with E-state index in [0.717, 1.165) is 16.9 Å². The first kappa shape index (κ1) is 13.9. The minimum Gasteiger partial charge on any atom is -0.0843 e. The Balaban J connectivity index is 1.71. The summed E-state index contributed by atoms with van der Waals surface area (Å²) >= 11 is 6.01. The molecule has 18 heavy (non-hydrogen) atoms. The van der Waals surface area contributed by atoms with E-state index in [1.54, 1.807) is 0 Å². The van der Waals surface area contributed by atoms with Crippen LogP contribution in [0.3, 0.4) is 0 Å². The molecule has 2 atom stereocenters. The predicted octanol–water partition coefficient (Wildman–Crippen LogP) is 5.88. The fourth-order valence-corrected chi connectivity index (χ4v) is 3.35. The first-order valence-electron chi connectivity index (χ1n) is 7.48. The average Bonchev–Trinajstić information content (AvgIpc) is 2.55. The van der Waals surface area contributed by atoms with E-state index in [-0.39, 0.29) is 0 Å². The molecule has 1 aromatic carbocycles. The van der Waals surface area contributed by atoms with Gasteiger partial charge in [-0.25, -0.2) is 0 Å². The fraction of sp³-hybridized carbons (Fsp3) is 0.647. The molecule has 1 saturated carbocycles. The standard InChI is InChI=1S/C17H25Cl/c1-14-5-2-6-15(12-11-14)7-3-8-16-9-4-10-17(18)13-16/h4,9-10,13-15H,2-3,5-8,11-12H2,1H3. The third-order valence-corrected chi connectivity index (χ3v) is 4.58. The van der Waals surface area contributed by atoms with E-state index in [0.29, 0.717) is 0 Å². The minimum absolute atomic E-state index is 0.871. The topological polar surface area (TPSA) is 0 Å². The van der Waals surface area contributed by atoms with Crippen LogP contribution in [0.5, 0.6) is 0 Å². The first-order chi connectivity index (χ1) is 8.74. The van der Waals surface area contributed by atoms with E-state index in [1.165, 1.54) is 56.9 Å². The quantitative estimate of drug-likeness (QED) is 0.596. The van der Waals surface area contributed by atoms with Crippen molar-refractivity contribution < 1.29 is 0 Å². The van der Waals surface area contributed by atoms with Gasteiger partial charge in [-0.05, 0) is 42.4 Å². The zero-order valence-electron chi connectivity index (χ0n) is 11.5. The number of hydrogen-bond acceptors (Lipinski definition) is 0. The summed E-state index contributed by atoms with van der Waals surface area (Å²) in [6.07, 6.45) is 11.2. The van der Waals surface area contributed by atoms with Crippen LogP contribution in [0.4, 0.5) is 0 Å². The Morgan fingerprint density at radius 1 is 1.17 bits per heavy atom. The van der Waals surface area contributed by atoms with E-state index in [2.05, 4.69) is 25.1 Å². The molecule has 0 amide bonds. The van der Waals surface area contributed by atoms with Crippen molar-refractivity contribution in [3.05, 3.63) is 34.9 Å². The lowest BCUT2D eigenvalue weighted by molar-refractivity contribution is 0.407. The second-order valence-electron chi connectivity index (χ2n) is 6.00. The molecule has 1 aliphatic rings. The Bertz CT molecular complexity index is 358. The summed E-state index contributed by atoms with van der Waals surface area (Å²) in [5.41, 5.74) is 1.39. The molecule has 1 aromatic rings. The molecule has 0 saturated heterocycles. The number of aryl methyl sites for hydroxylation is 1. The Labute approximate surface area is 117 Å². The summed E-state index contributed by atoms with van der Waals surface area (Å²) in [7, 11) is 0. The molecule has 0 aromatic heterocycles. The molecule has 1 aliphatic carbocycles. The van der Waals surface area contributed by atoms with Crippen LogP contribution in [-0.4, -0.2) is 0 Å². The second-order valence-corrected chi connectivity index (χ2v) is 6.44. The monoisotopic (exact) mass is 264 g/mol. The molecule has 1 fully saturated rings. The molecule has 0 radical (unpaired) electrons. The average molecular weight is 265 g/mol. The predicted molar refractivity (Wildman–Crippen MR) is 80.1 cm³/mol. The van der Waals surface area contributed by atoms with Gasteiger partial charge in [0.05, 0.1) is 0 Å². The molecule has 0 heterocycles. The SMILES string of the molecule is CC1CCCC(CCCc2cccc(Cl)c2)CC1. The molecule has 2 unspecified atom stereocenters. The summed E-state index contributed by atoms with van der Waals surface area (Å²) in [4.78, 5) is 0. The van der Waals surface area contributed by atoms with E-state index in [4.69, 9.17) is 11.6 Å². The molecule has 0 bridgehead atoms. The van der Waals surface area contributed by atoms with Crippen LogP contribution in [0, 0.1) is 11.8 Å². The lowest BCUT2D eigenvalue weighted by Gasteiger charge is -2.13. The highest BCUT2D eigenvalue weighted by atomic mass is 35.5. The van der Waals surface area contributed by atoms with Crippen molar-refractivity contribution in [2.75, 3.05) is 0 Å². The second kappa shape index (κ2) is 7.19. The van der Waals surface area contributed by atoms with Crippen LogP contribution in [0.15, 0.2) is 24.3 Å². The summed E-state index contributed by atoms with van der Waals surface area (Å²) < 4.78 is 0. The van der Waals surface area contributed by atoms with Crippen molar-refractivity contribution in [3.63, 3.8) is 0 Å². The minimum atomic E-state index is 0.871. The van der Waals surface area contributed by atoms with Crippen molar-refractivity contribution in [2.24, 2.45) is 11.8 Å². The lowest BCUT2D eigenvalue weighted by Crippen LogP contribution is -2.00. The van der Waals surface area contributed by atoms with E-state index in [9.17, 15) is 0 Å². The van der Waals surface area contributed by atoms with Crippen LogP contribution in [0.25, 0.3) is 0 Å². The van der Waals surface area contributed by atoms with Gasteiger partial charge in [0.2, 0.25) is 0 Å². The third-order valence-electron chi connectivity index (χ3n) is 4.34. The largest absolute Gasteiger partial charge is 0.0843 e. The van der Waals surface area contributed by atoms with Crippen LogP contribution in [0.1, 0.15) is 57.4 Å². The first-order valence-corrected chi connectivity index (χ1v) is 7.86. The van der Waals surface area contributed by atoms with Crippen LogP contribution >= 0.6 is 11.6 Å². The number of benzene rings is 1. The van der Waals surface area contributed by atoms with Gasteiger partial charge in [0.1, 0.15) is 0 Å². The van der Waals surface area contributed by atoms with Crippen molar-refractivity contribution in [1.82, 2.24) is 0 Å². The number of hydrogen-bond donors (Lipinski definition) is 0. The van der Waals surface area contributed by atoms with Crippen molar-refractivity contribution in [1.29, 1.82) is 0 Å². The maximum absolute atomic E-state index is 6.01. The molecular weight excluding hydrogens is 240 g/mol. The fourth-order valence-electron chi connectivity index (χ4n) is 3.14. The maximum Gasteiger partial charge on any atom is 0.0408 e. The van der Waals surface area contributed by atoms with Gasteiger partial charge in [0.25, 0.3) is 0 Å². The molecular formula is C17H25Cl. The zero-order chi connectivity index (χ0) is 12.8. The Kier molecular flexibility index (Phi) is 5.56. The highest BCUT2D eigenvalue weighted by Gasteiger charge is 2.15. The maximum atomic E-state index is 6.01. The smallest absolute Gasteiger partial charge is 0.0408 e. The molecule has 2 rings (SSSR count). The zero-order valence-corrected chi connectivity index (χ0v) is 12.3. The number of halogens is 1. The summed E-state index contributed by atoms with van der Waals surface area (Å²) in [6.45, 7) is 2.41. The van der Waals surface area contributed by atoms with E-state index in [1.807, 2.05) is 6.07 Å². The van der Waals surface area contributed by atoms with Crippen LogP contribution in [0.2, 0.25) is 5.02 Å². The van der Waals surface area contributed by atoms with Gasteiger partial charge in [0, 0.05) is 5.02 Å². The lowest BCUT2D eigenvalue weighted by atomic mass is 9.92. The van der Waals surface area contributed by atoms with Gasteiger partial charge in [-0.1, -0.05) is 69.2 Å². The summed E-state index contributed by atoms with van der Waals surface area (Å²) in [5.74, 6) is 1.94. The molecule has 100 valence electrons. The van der Waals surface area contributed by atoms with E-state index < -0.39 is 0 Å². The normalized spacial score (nSPS) is 24.8. The van der Waals surface area contributed by atoms with Gasteiger partial charge in [0.15, 0.2) is 0 Å². The molecule has 0 nitrogen and oxygen atoms in total. The third kappa shape index (κ3) is 4.65. The Morgan fingerprint density at radius 3 is 2.89 bits per heavy atom. The summed E-state index contributed by atoms with van der Waals surface area (Å²) in [6, 6.07) is 8.32. The highest BCUT2D eigenvalue weighted by molar-refractivity contribution is 6.30. The van der Waals surface area contributed by atoms with Crippen molar-refractivity contribution >= 4 is 11.6 Å². The Hall–Kier alpha value is -0.490.